The van der Waals surface area contributed by atoms with E-state index in [0.29, 0.717) is 0 Å². The molecule has 0 aliphatic heterocycles. The van der Waals surface area contributed by atoms with Crippen LogP contribution in [-0.4, -0.2) is 16.1 Å². The van der Waals surface area contributed by atoms with Gasteiger partial charge in [0.1, 0.15) is 29.9 Å². The molecular formula is C22H20N4O2. The number of benzene rings is 2. The Morgan fingerprint density at radius 2 is 1.79 bits per heavy atom. The molecule has 6 heteroatoms. The van der Waals surface area contributed by atoms with E-state index in [2.05, 4.69) is 5.32 Å². The van der Waals surface area contributed by atoms with Crippen molar-refractivity contribution in [2.24, 2.45) is 0 Å². The van der Waals surface area contributed by atoms with Crippen LogP contribution in [0.25, 0.3) is 21.8 Å². The molecule has 0 unspecified atom stereocenters. The van der Waals surface area contributed by atoms with E-state index in [-0.39, 0.29) is 18.1 Å². The first-order valence-electron chi connectivity index (χ1n) is 8.82. The van der Waals surface area contributed by atoms with E-state index in [9.17, 15) is 4.79 Å². The molecule has 0 bridgehead atoms. The van der Waals surface area contributed by atoms with Crippen LogP contribution in [0.15, 0.2) is 54.2 Å². The van der Waals surface area contributed by atoms with Gasteiger partial charge in [-0.3, -0.25) is 4.79 Å². The molecule has 0 amide bonds. The van der Waals surface area contributed by atoms with Crippen LogP contribution in [0, 0.1) is 22.7 Å². The van der Waals surface area contributed by atoms with Gasteiger partial charge in [0.25, 0.3) is 0 Å². The number of nitriles is 2. The Bertz CT molecular complexity index is 1150. The number of carbonyl (C=O) groups is 1. The van der Waals surface area contributed by atoms with Gasteiger partial charge in [-0.1, -0.05) is 18.2 Å². The number of anilines is 1. The van der Waals surface area contributed by atoms with Crippen LogP contribution in [0.2, 0.25) is 0 Å². The molecule has 1 heterocycles. The molecule has 28 heavy (non-hydrogen) atoms. The average molecular weight is 372 g/mol. The van der Waals surface area contributed by atoms with E-state index in [1.165, 1.54) is 6.20 Å². The van der Waals surface area contributed by atoms with Crippen molar-refractivity contribution in [1.82, 2.24) is 4.57 Å². The minimum absolute atomic E-state index is 0.00699. The molecule has 1 N–H and O–H groups in total. The quantitative estimate of drug-likeness (QED) is 0.538. The average Bonchev–Trinajstić information content (AvgIpc) is 2.95. The molecule has 0 spiro atoms. The van der Waals surface area contributed by atoms with Crippen molar-refractivity contribution >= 4 is 33.5 Å². The predicted octanol–water partition coefficient (Wildman–Crippen LogP) is 4.48. The number of fused-ring (bicyclic) bond motifs is 3. The number of para-hydroxylation sites is 1. The van der Waals surface area contributed by atoms with Gasteiger partial charge in [0.05, 0.1) is 0 Å². The first-order chi connectivity index (χ1) is 13.3. The van der Waals surface area contributed by atoms with Crippen molar-refractivity contribution in [2.45, 2.75) is 32.9 Å². The molecule has 2 aromatic carbocycles. The van der Waals surface area contributed by atoms with Gasteiger partial charge in [-0.2, -0.15) is 10.5 Å². The molecule has 0 saturated carbocycles. The summed E-state index contributed by atoms with van der Waals surface area (Å²) >= 11 is 0. The summed E-state index contributed by atoms with van der Waals surface area (Å²) in [5.41, 5.74) is 2.04. The molecule has 0 atom stereocenters. The fourth-order valence-corrected chi connectivity index (χ4v) is 3.06. The van der Waals surface area contributed by atoms with Crippen LogP contribution in [0.1, 0.15) is 20.8 Å². The first kappa shape index (κ1) is 19.0. The fourth-order valence-electron chi connectivity index (χ4n) is 3.06. The van der Waals surface area contributed by atoms with Gasteiger partial charge in [-0.25, -0.2) is 0 Å². The minimum Gasteiger partial charge on any atom is -0.459 e. The highest BCUT2D eigenvalue weighted by molar-refractivity contribution is 6.09. The van der Waals surface area contributed by atoms with E-state index < -0.39 is 5.60 Å². The number of aromatic nitrogens is 1. The summed E-state index contributed by atoms with van der Waals surface area (Å²) < 4.78 is 7.42. The molecule has 140 valence electrons. The summed E-state index contributed by atoms with van der Waals surface area (Å²) in [6, 6.07) is 17.2. The van der Waals surface area contributed by atoms with Crippen LogP contribution < -0.4 is 5.32 Å². The summed E-state index contributed by atoms with van der Waals surface area (Å²) in [6.07, 6.45) is 1.38. The normalized spacial score (nSPS) is 10.9. The topological polar surface area (TPSA) is 90.8 Å². The molecule has 3 rings (SSSR count). The maximum absolute atomic E-state index is 12.4. The molecular weight excluding hydrogens is 352 g/mol. The third-order valence-electron chi connectivity index (χ3n) is 4.10. The Morgan fingerprint density at radius 3 is 2.46 bits per heavy atom. The van der Waals surface area contributed by atoms with Crippen LogP contribution in [0.3, 0.4) is 0 Å². The smallest absolute Gasteiger partial charge is 0.326 e. The van der Waals surface area contributed by atoms with Crippen molar-refractivity contribution in [3.8, 4) is 12.1 Å². The van der Waals surface area contributed by atoms with E-state index in [1.54, 1.807) is 0 Å². The second-order valence-corrected chi connectivity index (χ2v) is 7.35. The highest BCUT2D eigenvalue weighted by Crippen LogP contribution is 2.31. The van der Waals surface area contributed by atoms with Gasteiger partial charge < -0.3 is 14.6 Å². The fraction of sp³-hybridized carbons (Fsp3) is 0.227. The van der Waals surface area contributed by atoms with E-state index in [1.807, 2.05) is 79.9 Å². The van der Waals surface area contributed by atoms with Crippen molar-refractivity contribution in [3.63, 3.8) is 0 Å². The number of rotatable bonds is 4. The lowest BCUT2D eigenvalue weighted by Gasteiger charge is -2.20. The Labute approximate surface area is 163 Å². The number of allylic oxidation sites excluding steroid dienone is 1. The number of esters is 1. The molecule has 0 aliphatic carbocycles. The zero-order chi connectivity index (χ0) is 20.3. The molecule has 3 aromatic rings. The monoisotopic (exact) mass is 372 g/mol. The lowest BCUT2D eigenvalue weighted by Crippen LogP contribution is -2.26. The first-order valence-corrected chi connectivity index (χ1v) is 8.82. The van der Waals surface area contributed by atoms with Gasteiger partial charge in [0.2, 0.25) is 0 Å². The van der Waals surface area contributed by atoms with Crippen molar-refractivity contribution in [3.05, 3.63) is 54.2 Å². The van der Waals surface area contributed by atoms with Crippen molar-refractivity contribution < 1.29 is 9.53 Å². The zero-order valence-corrected chi connectivity index (χ0v) is 16.0. The number of nitrogens with zero attached hydrogens (tertiary/aromatic N) is 3. The summed E-state index contributed by atoms with van der Waals surface area (Å²) in [7, 11) is 0. The summed E-state index contributed by atoms with van der Waals surface area (Å²) in [5, 5.41) is 22.7. The number of ether oxygens (including phenoxy) is 1. The van der Waals surface area contributed by atoms with Crippen LogP contribution in [0.5, 0.6) is 0 Å². The second-order valence-electron chi connectivity index (χ2n) is 7.35. The lowest BCUT2D eigenvalue weighted by molar-refractivity contribution is -0.155. The van der Waals surface area contributed by atoms with E-state index >= 15 is 0 Å². The highest BCUT2D eigenvalue weighted by Gasteiger charge is 2.19. The molecule has 0 saturated heterocycles. The Hall–Kier alpha value is -3.77. The van der Waals surface area contributed by atoms with Crippen LogP contribution in [0.4, 0.5) is 5.69 Å². The summed E-state index contributed by atoms with van der Waals surface area (Å²) in [5.74, 6) is -0.298. The van der Waals surface area contributed by atoms with Gasteiger partial charge in [0, 0.05) is 33.7 Å². The van der Waals surface area contributed by atoms with E-state index in [4.69, 9.17) is 15.3 Å². The summed E-state index contributed by atoms with van der Waals surface area (Å²) in [4.78, 5) is 12.4. The lowest BCUT2D eigenvalue weighted by atomic mass is 10.1. The van der Waals surface area contributed by atoms with Crippen molar-refractivity contribution in [2.75, 3.05) is 5.32 Å². The standard InChI is InChI=1S/C22H20N4O2/c1-22(2,3)28-21(27)14-26-19-7-5-4-6-17(19)18-10-16(8-9-20(18)26)25-13-15(11-23)12-24/h4-10,13,25H,14H2,1-3H3. The molecule has 6 nitrogen and oxygen atoms in total. The van der Waals surface area contributed by atoms with Crippen LogP contribution in [-0.2, 0) is 16.1 Å². The minimum atomic E-state index is -0.543. The maximum atomic E-state index is 12.4. The van der Waals surface area contributed by atoms with Crippen molar-refractivity contribution in [1.29, 1.82) is 10.5 Å². The molecule has 0 aliphatic rings. The summed E-state index contributed by atoms with van der Waals surface area (Å²) in [6.45, 7) is 5.65. The number of hydrogen-bond acceptors (Lipinski definition) is 5. The van der Waals surface area contributed by atoms with Gasteiger partial charge >= 0.3 is 5.97 Å². The number of carbonyl (C=O) groups excluding carboxylic acids is 1. The Balaban J connectivity index is 2.05. The Morgan fingerprint density at radius 1 is 1.11 bits per heavy atom. The van der Waals surface area contributed by atoms with Gasteiger partial charge in [-0.15, -0.1) is 0 Å². The van der Waals surface area contributed by atoms with Gasteiger partial charge in [-0.05, 0) is 45.0 Å². The Kier molecular flexibility index (Phi) is 5.06. The molecule has 1 aromatic heterocycles. The van der Waals surface area contributed by atoms with Crippen LogP contribution >= 0.6 is 0 Å². The molecule has 0 fully saturated rings. The SMILES string of the molecule is CC(C)(C)OC(=O)Cn1c2ccccc2c2cc(NC=C(C#N)C#N)ccc21. The number of nitrogens with one attached hydrogen (secondary N) is 1. The largest absolute Gasteiger partial charge is 0.459 e. The third kappa shape index (κ3) is 3.97. The maximum Gasteiger partial charge on any atom is 0.326 e. The zero-order valence-electron chi connectivity index (χ0n) is 16.0. The predicted molar refractivity (Wildman–Crippen MR) is 108 cm³/mol. The number of hydrogen-bond donors (Lipinski definition) is 1. The highest BCUT2D eigenvalue weighted by atomic mass is 16.6. The second kappa shape index (κ2) is 7.46. The van der Waals surface area contributed by atoms with E-state index in [0.717, 1.165) is 27.5 Å². The molecule has 0 radical (unpaired) electrons. The van der Waals surface area contributed by atoms with Gasteiger partial charge in [0.15, 0.2) is 0 Å². The third-order valence-corrected chi connectivity index (χ3v) is 4.10.